The average Bonchev–Trinajstić information content (AvgIpc) is 3.18. The molecule has 0 radical (unpaired) electrons. The van der Waals surface area contributed by atoms with E-state index in [9.17, 15) is 4.79 Å². The van der Waals surface area contributed by atoms with Crippen molar-refractivity contribution >= 4 is 5.91 Å². The Morgan fingerprint density at radius 2 is 2.12 bits per heavy atom. The predicted molar refractivity (Wildman–Crippen MR) is 98.6 cm³/mol. The Morgan fingerprint density at radius 3 is 2.77 bits per heavy atom. The van der Waals surface area contributed by atoms with Crippen molar-refractivity contribution in [3.05, 3.63) is 48.0 Å². The normalized spacial score (nSPS) is 17.2. The molecular formula is C19H27N5O2. The van der Waals surface area contributed by atoms with Gasteiger partial charge in [0.2, 0.25) is 5.91 Å². The summed E-state index contributed by atoms with van der Waals surface area (Å²) in [5, 5.41) is 7.37. The Hall–Kier alpha value is -2.25. The molecule has 7 heteroatoms. The summed E-state index contributed by atoms with van der Waals surface area (Å²) >= 11 is 0. The largest absolute Gasteiger partial charge is 0.383 e. The molecule has 0 spiro atoms. The number of methoxy groups -OCH3 is 1. The van der Waals surface area contributed by atoms with Gasteiger partial charge in [0.05, 0.1) is 12.3 Å². The van der Waals surface area contributed by atoms with E-state index in [2.05, 4.69) is 26.4 Å². The lowest BCUT2D eigenvalue weighted by molar-refractivity contribution is -0.133. The maximum Gasteiger partial charge on any atom is 0.248 e. The number of pyridine rings is 1. The maximum absolute atomic E-state index is 12.9. The van der Waals surface area contributed by atoms with Crippen LogP contribution in [0.2, 0.25) is 0 Å². The van der Waals surface area contributed by atoms with Gasteiger partial charge in [0.15, 0.2) is 0 Å². The third-order valence-corrected chi connectivity index (χ3v) is 4.97. The molecule has 26 heavy (non-hydrogen) atoms. The van der Waals surface area contributed by atoms with Crippen LogP contribution in [0.3, 0.4) is 0 Å². The van der Waals surface area contributed by atoms with Crippen LogP contribution in [0.5, 0.6) is 0 Å². The van der Waals surface area contributed by atoms with Gasteiger partial charge >= 0.3 is 0 Å². The number of nitrogens with one attached hydrogen (secondary N) is 1. The molecule has 0 unspecified atom stereocenters. The zero-order chi connectivity index (χ0) is 18.4. The first-order valence-corrected chi connectivity index (χ1v) is 9.06. The van der Waals surface area contributed by atoms with Crippen molar-refractivity contribution in [3.63, 3.8) is 0 Å². The first kappa shape index (κ1) is 18.5. The highest BCUT2D eigenvalue weighted by Gasteiger charge is 2.43. The minimum atomic E-state index is -0.631. The summed E-state index contributed by atoms with van der Waals surface area (Å²) in [7, 11) is 1.63. The summed E-state index contributed by atoms with van der Waals surface area (Å²) in [6.07, 6.45) is 5.06. The number of carbonyl (C=O) groups excluding carboxylic acids is 1. The Bertz CT molecular complexity index is 708. The molecule has 2 aromatic rings. The van der Waals surface area contributed by atoms with Crippen molar-refractivity contribution in [2.24, 2.45) is 0 Å². The fraction of sp³-hybridized carbons (Fsp3) is 0.526. The van der Waals surface area contributed by atoms with Gasteiger partial charge in [-0.25, -0.2) is 0 Å². The second-order valence-corrected chi connectivity index (χ2v) is 6.78. The third-order valence-electron chi connectivity index (χ3n) is 4.97. The lowest BCUT2D eigenvalue weighted by Gasteiger charge is -2.40. The first-order valence-electron chi connectivity index (χ1n) is 9.06. The van der Waals surface area contributed by atoms with E-state index in [0.717, 1.165) is 43.9 Å². The molecule has 0 saturated carbocycles. The van der Waals surface area contributed by atoms with Gasteiger partial charge in [0.25, 0.3) is 0 Å². The Labute approximate surface area is 154 Å². The second-order valence-electron chi connectivity index (χ2n) is 6.78. The van der Waals surface area contributed by atoms with E-state index in [-0.39, 0.29) is 5.91 Å². The van der Waals surface area contributed by atoms with Gasteiger partial charge in [0.1, 0.15) is 5.54 Å². The number of aryl methyl sites for hydroxylation is 1. The van der Waals surface area contributed by atoms with Crippen molar-refractivity contribution in [1.29, 1.82) is 0 Å². The third kappa shape index (κ3) is 4.11. The van der Waals surface area contributed by atoms with Crippen molar-refractivity contribution < 1.29 is 9.53 Å². The van der Waals surface area contributed by atoms with Crippen LogP contribution in [0.4, 0.5) is 0 Å². The number of ether oxygens (including phenoxy) is 1. The molecule has 2 aromatic heterocycles. The highest BCUT2D eigenvalue weighted by Crippen LogP contribution is 2.30. The number of piperidine rings is 1. The molecule has 140 valence electrons. The molecule has 0 aliphatic carbocycles. The molecule has 1 aliphatic heterocycles. The van der Waals surface area contributed by atoms with Gasteiger partial charge in [0, 0.05) is 51.4 Å². The Morgan fingerprint density at radius 1 is 1.31 bits per heavy atom. The van der Waals surface area contributed by atoms with E-state index < -0.39 is 5.54 Å². The number of hydrogen-bond donors (Lipinski definition) is 1. The van der Waals surface area contributed by atoms with Crippen LogP contribution in [-0.4, -0.2) is 58.9 Å². The smallest absolute Gasteiger partial charge is 0.248 e. The average molecular weight is 357 g/mol. The molecule has 1 N–H and O–H groups in total. The summed E-state index contributed by atoms with van der Waals surface area (Å²) in [5.74, 6) is 0.0200. The lowest BCUT2D eigenvalue weighted by Crippen LogP contribution is -2.55. The fourth-order valence-corrected chi connectivity index (χ4v) is 3.51. The van der Waals surface area contributed by atoms with Gasteiger partial charge < -0.3 is 10.1 Å². The monoisotopic (exact) mass is 357 g/mol. The zero-order valence-corrected chi connectivity index (χ0v) is 15.5. The molecule has 1 fully saturated rings. The van der Waals surface area contributed by atoms with Crippen LogP contribution >= 0.6 is 0 Å². The SMILES string of the molecule is COCCNC(=O)C1(n2cccn2)CCN(Cc2cccc(C)n2)CC1. The van der Waals surface area contributed by atoms with Crippen molar-refractivity contribution in [2.75, 3.05) is 33.4 Å². The molecule has 1 amide bonds. The fourth-order valence-electron chi connectivity index (χ4n) is 3.51. The Kier molecular flexibility index (Phi) is 6.00. The van der Waals surface area contributed by atoms with Crippen LogP contribution in [0.1, 0.15) is 24.2 Å². The number of hydrogen-bond acceptors (Lipinski definition) is 5. The van der Waals surface area contributed by atoms with Crippen molar-refractivity contribution in [2.45, 2.75) is 31.8 Å². The summed E-state index contributed by atoms with van der Waals surface area (Å²) in [4.78, 5) is 19.9. The van der Waals surface area contributed by atoms with E-state index in [1.165, 1.54) is 0 Å². The number of amides is 1. The summed E-state index contributed by atoms with van der Waals surface area (Å²) in [6, 6.07) is 7.97. The number of rotatable bonds is 7. The summed E-state index contributed by atoms with van der Waals surface area (Å²) in [5.41, 5.74) is 1.47. The summed E-state index contributed by atoms with van der Waals surface area (Å²) in [6.45, 7) is 5.48. The van der Waals surface area contributed by atoms with Gasteiger partial charge in [-0.15, -0.1) is 0 Å². The molecule has 0 atom stereocenters. The topological polar surface area (TPSA) is 72.3 Å². The van der Waals surface area contributed by atoms with Crippen LogP contribution in [0, 0.1) is 6.92 Å². The number of likely N-dealkylation sites (tertiary alicyclic amines) is 1. The maximum atomic E-state index is 12.9. The van der Waals surface area contributed by atoms with E-state index in [1.54, 1.807) is 13.3 Å². The van der Waals surface area contributed by atoms with Gasteiger partial charge in [-0.3, -0.25) is 19.4 Å². The van der Waals surface area contributed by atoms with Crippen LogP contribution in [0.15, 0.2) is 36.7 Å². The molecule has 7 nitrogen and oxygen atoms in total. The summed E-state index contributed by atoms with van der Waals surface area (Å²) < 4.78 is 6.86. The predicted octanol–water partition coefficient (Wildman–Crippen LogP) is 1.34. The van der Waals surface area contributed by atoms with E-state index in [4.69, 9.17) is 4.74 Å². The minimum absolute atomic E-state index is 0.0200. The molecule has 1 aliphatic rings. The molecule has 3 heterocycles. The standard InChI is InChI=1S/C19H27N5O2/c1-16-5-3-6-17(22-16)15-23-12-7-19(8-13-23,24-11-4-9-21-24)18(25)20-10-14-26-2/h3-6,9,11H,7-8,10,12-15H2,1-2H3,(H,20,25). The molecule has 3 rings (SSSR count). The zero-order valence-electron chi connectivity index (χ0n) is 15.5. The van der Waals surface area contributed by atoms with Gasteiger partial charge in [-0.05, 0) is 38.0 Å². The van der Waals surface area contributed by atoms with E-state index >= 15 is 0 Å². The van der Waals surface area contributed by atoms with E-state index in [0.29, 0.717) is 13.2 Å². The van der Waals surface area contributed by atoms with Crippen LogP contribution < -0.4 is 5.32 Å². The molecular weight excluding hydrogens is 330 g/mol. The second kappa shape index (κ2) is 8.42. The van der Waals surface area contributed by atoms with Crippen LogP contribution in [0.25, 0.3) is 0 Å². The number of nitrogens with zero attached hydrogens (tertiary/aromatic N) is 4. The quantitative estimate of drug-likeness (QED) is 0.757. The molecule has 1 saturated heterocycles. The van der Waals surface area contributed by atoms with Gasteiger partial charge in [-0.2, -0.15) is 5.10 Å². The highest BCUT2D eigenvalue weighted by molar-refractivity contribution is 5.84. The Balaban J connectivity index is 1.68. The first-order chi connectivity index (χ1) is 12.6. The van der Waals surface area contributed by atoms with Crippen LogP contribution in [-0.2, 0) is 21.6 Å². The number of aromatic nitrogens is 3. The van der Waals surface area contributed by atoms with Crippen molar-refractivity contribution in [3.8, 4) is 0 Å². The molecule has 0 bridgehead atoms. The highest BCUT2D eigenvalue weighted by atomic mass is 16.5. The lowest BCUT2D eigenvalue weighted by atomic mass is 9.86. The van der Waals surface area contributed by atoms with E-state index in [1.807, 2.05) is 36.0 Å². The molecule has 0 aromatic carbocycles. The van der Waals surface area contributed by atoms with Gasteiger partial charge in [-0.1, -0.05) is 6.07 Å². The number of carbonyl (C=O) groups is 1. The van der Waals surface area contributed by atoms with Crippen molar-refractivity contribution in [1.82, 2.24) is 25.0 Å². The minimum Gasteiger partial charge on any atom is -0.383 e.